The van der Waals surface area contributed by atoms with E-state index >= 15 is 0 Å². The third-order valence-electron chi connectivity index (χ3n) is 1.86. The average Bonchev–Trinajstić information content (AvgIpc) is 2.01. The molecule has 14 heavy (non-hydrogen) atoms. The van der Waals surface area contributed by atoms with Gasteiger partial charge in [-0.3, -0.25) is 0 Å². The Kier molecular flexibility index (Phi) is 3.13. The zero-order chi connectivity index (χ0) is 11.0. The molecule has 78 valence electrons. The molecule has 1 aromatic heterocycles. The van der Waals surface area contributed by atoms with Crippen molar-refractivity contribution in [3.63, 3.8) is 0 Å². The molecular formula is C9H12F3NSn. The van der Waals surface area contributed by atoms with E-state index in [9.17, 15) is 13.2 Å². The Labute approximate surface area is 85.2 Å². The quantitative estimate of drug-likeness (QED) is 0.727. The van der Waals surface area contributed by atoms with E-state index in [0.29, 0.717) is 0 Å². The first-order valence-electron chi connectivity index (χ1n) is 4.25. The fourth-order valence-corrected chi connectivity index (χ4v) is 3.96. The summed E-state index contributed by atoms with van der Waals surface area (Å²) in [6.07, 6.45) is -3.35. The number of nitrogens with zero attached hydrogens (tertiary/aromatic N) is 1. The summed E-state index contributed by atoms with van der Waals surface area (Å²) in [5.41, 5.74) is -0.670. The van der Waals surface area contributed by atoms with Gasteiger partial charge in [0, 0.05) is 0 Å². The molecule has 0 radical (unpaired) electrons. The first-order valence-corrected chi connectivity index (χ1v) is 14.2. The van der Waals surface area contributed by atoms with Crippen molar-refractivity contribution in [2.24, 2.45) is 0 Å². The molecule has 0 aliphatic heterocycles. The van der Waals surface area contributed by atoms with Crippen molar-refractivity contribution in [2.75, 3.05) is 0 Å². The third kappa shape index (κ3) is 2.86. The average molecular weight is 310 g/mol. The van der Waals surface area contributed by atoms with Crippen molar-refractivity contribution < 1.29 is 13.2 Å². The van der Waals surface area contributed by atoms with Crippen LogP contribution in [0.25, 0.3) is 0 Å². The van der Waals surface area contributed by atoms with Gasteiger partial charge in [0.25, 0.3) is 0 Å². The van der Waals surface area contributed by atoms with Crippen LogP contribution in [0, 0.1) is 0 Å². The molecule has 0 aliphatic rings. The van der Waals surface area contributed by atoms with Crippen LogP contribution in [0.1, 0.15) is 5.56 Å². The van der Waals surface area contributed by atoms with Gasteiger partial charge in [0.1, 0.15) is 0 Å². The Morgan fingerprint density at radius 1 is 1.14 bits per heavy atom. The van der Waals surface area contributed by atoms with Gasteiger partial charge >= 0.3 is 85.1 Å². The van der Waals surface area contributed by atoms with Gasteiger partial charge in [0.2, 0.25) is 0 Å². The first kappa shape index (κ1) is 11.8. The van der Waals surface area contributed by atoms with E-state index in [1.807, 2.05) is 0 Å². The summed E-state index contributed by atoms with van der Waals surface area (Å²) in [5, 5.41) is 0. The topological polar surface area (TPSA) is 12.9 Å². The maximum absolute atomic E-state index is 12.2. The van der Waals surface area contributed by atoms with Crippen molar-refractivity contribution in [1.29, 1.82) is 0 Å². The van der Waals surface area contributed by atoms with Gasteiger partial charge in [-0.2, -0.15) is 0 Å². The second kappa shape index (κ2) is 3.71. The van der Waals surface area contributed by atoms with E-state index in [4.69, 9.17) is 0 Å². The summed E-state index contributed by atoms with van der Waals surface area (Å²) < 4.78 is 37.4. The monoisotopic (exact) mass is 311 g/mol. The van der Waals surface area contributed by atoms with Crippen LogP contribution in [-0.4, -0.2) is 23.4 Å². The summed E-state index contributed by atoms with van der Waals surface area (Å²) >= 11 is -2.30. The molecule has 1 nitrogen and oxygen atoms in total. The van der Waals surface area contributed by atoms with Crippen LogP contribution >= 0.6 is 0 Å². The minimum atomic E-state index is -4.28. The van der Waals surface area contributed by atoms with Gasteiger partial charge in [0.15, 0.2) is 0 Å². The predicted octanol–water partition coefficient (Wildman–Crippen LogP) is 2.65. The number of hydrogen-bond donors (Lipinski definition) is 0. The van der Waals surface area contributed by atoms with E-state index in [-0.39, 0.29) is 0 Å². The molecule has 0 atom stereocenters. The van der Waals surface area contributed by atoms with Crippen molar-refractivity contribution in [2.45, 2.75) is 21.0 Å². The van der Waals surface area contributed by atoms with Crippen molar-refractivity contribution in [3.8, 4) is 0 Å². The van der Waals surface area contributed by atoms with Crippen LogP contribution in [-0.2, 0) is 6.18 Å². The van der Waals surface area contributed by atoms with Crippen molar-refractivity contribution in [1.82, 2.24) is 4.98 Å². The fourth-order valence-electron chi connectivity index (χ4n) is 1.01. The summed E-state index contributed by atoms with van der Waals surface area (Å²) in [5.74, 6) is 0. The van der Waals surface area contributed by atoms with Crippen molar-refractivity contribution >= 4 is 22.1 Å². The van der Waals surface area contributed by atoms with Gasteiger partial charge in [-0.05, 0) is 0 Å². The first-order chi connectivity index (χ1) is 6.21. The second-order valence-corrected chi connectivity index (χ2v) is 18.5. The number of hydrogen-bond acceptors (Lipinski definition) is 1. The number of aromatic nitrogens is 1. The SMILES string of the molecule is [CH3][Sn]([CH3])([CH3])[c]1ccc(C(F)(F)F)cn1. The maximum atomic E-state index is 12.2. The molecule has 5 heteroatoms. The van der Waals surface area contributed by atoms with Gasteiger partial charge < -0.3 is 0 Å². The van der Waals surface area contributed by atoms with Gasteiger partial charge in [-0.15, -0.1) is 0 Å². The zero-order valence-electron chi connectivity index (χ0n) is 8.31. The van der Waals surface area contributed by atoms with E-state index < -0.39 is 30.1 Å². The van der Waals surface area contributed by atoms with Gasteiger partial charge in [-0.25, -0.2) is 0 Å². The van der Waals surface area contributed by atoms with Crippen LogP contribution in [0.15, 0.2) is 18.3 Å². The van der Waals surface area contributed by atoms with Crippen LogP contribution in [0.5, 0.6) is 0 Å². The zero-order valence-corrected chi connectivity index (χ0v) is 11.2. The normalized spacial score (nSPS) is 13.0. The number of alkyl halides is 3. The fraction of sp³-hybridized carbons (Fsp3) is 0.444. The standard InChI is InChI=1S/C6H3F3N.3CH3.Sn/c7-6(8,9)5-2-1-3-10-4-5;;;;/h1-2,4H;3*1H3;. The molecule has 1 heterocycles. The van der Waals surface area contributed by atoms with Gasteiger partial charge in [-0.1, -0.05) is 0 Å². The molecule has 0 unspecified atom stereocenters. The Bertz CT molecular complexity index is 277. The van der Waals surface area contributed by atoms with E-state index in [1.165, 1.54) is 6.07 Å². The molecule has 0 aromatic carbocycles. The Hall–Kier alpha value is -0.261. The van der Waals surface area contributed by atoms with Crippen molar-refractivity contribution in [3.05, 3.63) is 23.9 Å². The molecular weight excluding hydrogens is 298 g/mol. The summed E-state index contributed by atoms with van der Waals surface area (Å²) in [6, 6.07) is 2.63. The van der Waals surface area contributed by atoms with Crippen LogP contribution in [0.4, 0.5) is 13.2 Å². The number of halogens is 3. The molecule has 0 fully saturated rings. The molecule has 0 bridgehead atoms. The predicted molar refractivity (Wildman–Crippen MR) is 52.2 cm³/mol. The summed E-state index contributed by atoms with van der Waals surface area (Å²) in [7, 11) is 0. The number of rotatable bonds is 1. The van der Waals surface area contributed by atoms with E-state index in [0.717, 1.165) is 16.0 Å². The Morgan fingerprint density at radius 3 is 2.00 bits per heavy atom. The molecule has 0 saturated carbocycles. The van der Waals surface area contributed by atoms with E-state index in [2.05, 4.69) is 19.8 Å². The Balaban J connectivity index is 3.02. The van der Waals surface area contributed by atoms with Crippen LogP contribution < -0.4 is 3.71 Å². The molecule has 0 amide bonds. The number of pyridine rings is 1. The molecule has 0 spiro atoms. The molecule has 1 aromatic rings. The molecule has 1 rings (SSSR count). The van der Waals surface area contributed by atoms with Gasteiger partial charge in [0.05, 0.1) is 0 Å². The second-order valence-electron chi connectivity index (χ2n) is 4.18. The summed E-state index contributed by atoms with van der Waals surface area (Å²) in [4.78, 5) is 10.2. The Morgan fingerprint density at radius 2 is 1.71 bits per heavy atom. The van der Waals surface area contributed by atoms with Crippen LogP contribution in [0.3, 0.4) is 0 Å². The minimum absolute atomic E-state index is 0.670. The summed E-state index contributed by atoms with van der Waals surface area (Å²) in [6.45, 7) is 0. The van der Waals surface area contributed by atoms with Crippen LogP contribution in [0.2, 0.25) is 14.8 Å². The van der Waals surface area contributed by atoms with E-state index in [1.54, 1.807) is 0 Å². The molecule has 0 N–H and O–H groups in total. The third-order valence-corrected chi connectivity index (χ3v) is 7.09. The molecule has 0 aliphatic carbocycles. The molecule has 0 saturated heterocycles.